The standard InChI is InChI=1S/C12H20Br2N2S/c1-12(2,3)15-5-6-16(4)8-9-7-10(13)11(14)17-9/h7,15H,5-6,8H2,1-4H3. The fourth-order valence-corrected chi connectivity index (χ4v) is 3.69. The molecule has 1 rings (SSSR count). The van der Waals surface area contributed by atoms with Gasteiger partial charge in [-0.15, -0.1) is 11.3 Å². The van der Waals surface area contributed by atoms with Crippen LogP contribution in [0.3, 0.4) is 0 Å². The molecule has 0 unspecified atom stereocenters. The quantitative estimate of drug-likeness (QED) is 0.823. The number of hydrogen-bond donors (Lipinski definition) is 1. The van der Waals surface area contributed by atoms with Gasteiger partial charge in [0.1, 0.15) is 0 Å². The molecule has 1 N–H and O–H groups in total. The van der Waals surface area contributed by atoms with Gasteiger partial charge in [-0.1, -0.05) is 0 Å². The topological polar surface area (TPSA) is 15.3 Å². The van der Waals surface area contributed by atoms with Gasteiger partial charge in [0, 0.05) is 34.5 Å². The summed E-state index contributed by atoms with van der Waals surface area (Å²) in [5, 5.41) is 3.50. The summed E-state index contributed by atoms with van der Waals surface area (Å²) >= 11 is 8.83. The van der Waals surface area contributed by atoms with Gasteiger partial charge in [0.2, 0.25) is 0 Å². The van der Waals surface area contributed by atoms with Crippen molar-refractivity contribution >= 4 is 43.2 Å². The number of thiophene rings is 1. The number of rotatable bonds is 5. The maximum Gasteiger partial charge on any atom is 0.0843 e. The lowest BCUT2D eigenvalue weighted by molar-refractivity contribution is 0.305. The van der Waals surface area contributed by atoms with Gasteiger partial charge in [-0.2, -0.15) is 0 Å². The van der Waals surface area contributed by atoms with Crippen molar-refractivity contribution in [2.45, 2.75) is 32.9 Å². The first-order chi connectivity index (χ1) is 7.78. The summed E-state index contributed by atoms with van der Waals surface area (Å²) in [6.45, 7) is 9.67. The van der Waals surface area contributed by atoms with Crippen LogP contribution in [0.15, 0.2) is 14.3 Å². The van der Waals surface area contributed by atoms with E-state index >= 15 is 0 Å². The first kappa shape index (κ1) is 15.6. The molecule has 0 aliphatic rings. The Labute approximate surface area is 125 Å². The third kappa shape index (κ3) is 6.34. The Morgan fingerprint density at radius 1 is 1.35 bits per heavy atom. The maximum atomic E-state index is 3.53. The number of halogens is 2. The molecule has 0 saturated heterocycles. The lowest BCUT2D eigenvalue weighted by atomic mass is 10.1. The molecule has 98 valence electrons. The van der Waals surface area contributed by atoms with Crippen LogP contribution in [0.5, 0.6) is 0 Å². The fraction of sp³-hybridized carbons (Fsp3) is 0.667. The highest BCUT2D eigenvalue weighted by molar-refractivity contribution is 9.13. The molecule has 0 spiro atoms. The Balaban J connectivity index is 2.32. The van der Waals surface area contributed by atoms with E-state index in [4.69, 9.17) is 0 Å². The average molecular weight is 384 g/mol. The smallest absolute Gasteiger partial charge is 0.0843 e. The van der Waals surface area contributed by atoms with Crippen molar-refractivity contribution in [3.05, 3.63) is 19.2 Å². The first-order valence-electron chi connectivity index (χ1n) is 5.65. The molecule has 0 bridgehead atoms. The number of likely N-dealkylation sites (N-methyl/N-ethyl adjacent to an activating group) is 1. The van der Waals surface area contributed by atoms with Crippen LogP contribution in [-0.4, -0.2) is 30.6 Å². The third-order valence-corrected chi connectivity index (χ3v) is 5.51. The second kappa shape index (κ2) is 6.66. The largest absolute Gasteiger partial charge is 0.311 e. The van der Waals surface area contributed by atoms with Crippen LogP contribution in [0.2, 0.25) is 0 Å². The Bertz CT molecular complexity index is 338. The summed E-state index contributed by atoms with van der Waals surface area (Å²) in [6.07, 6.45) is 0. The highest BCUT2D eigenvalue weighted by atomic mass is 79.9. The Morgan fingerprint density at radius 2 is 2.00 bits per heavy atom. The van der Waals surface area contributed by atoms with Crippen molar-refractivity contribution < 1.29 is 0 Å². The van der Waals surface area contributed by atoms with Gasteiger partial charge in [0.15, 0.2) is 0 Å². The van der Waals surface area contributed by atoms with E-state index in [0.29, 0.717) is 0 Å². The highest BCUT2D eigenvalue weighted by Gasteiger charge is 2.10. The van der Waals surface area contributed by atoms with Gasteiger partial charge in [-0.25, -0.2) is 0 Å². The molecule has 0 aromatic carbocycles. The second-order valence-corrected chi connectivity index (χ2v) is 8.56. The van der Waals surface area contributed by atoms with Crippen LogP contribution in [0, 0.1) is 0 Å². The monoisotopic (exact) mass is 382 g/mol. The van der Waals surface area contributed by atoms with E-state index in [1.807, 2.05) is 0 Å². The summed E-state index contributed by atoms with van der Waals surface area (Å²) in [7, 11) is 2.16. The number of nitrogens with zero attached hydrogens (tertiary/aromatic N) is 1. The summed E-state index contributed by atoms with van der Waals surface area (Å²) in [6, 6.07) is 2.18. The molecule has 0 radical (unpaired) electrons. The van der Waals surface area contributed by atoms with Crippen LogP contribution in [-0.2, 0) is 6.54 Å². The highest BCUT2D eigenvalue weighted by Crippen LogP contribution is 2.32. The van der Waals surface area contributed by atoms with Gasteiger partial charge in [-0.05, 0) is 65.7 Å². The van der Waals surface area contributed by atoms with Crippen LogP contribution in [0.25, 0.3) is 0 Å². The fourth-order valence-electron chi connectivity index (χ4n) is 1.44. The van der Waals surface area contributed by atoms with Gasteiger partial charge in [0.25, 0.3) is 0 Å². The molecule has 2 nitrogen and oxygen atoms in total. The van der Waals surface area contributed by atoms with Gasteiger partial charge >= 0.3 is 0 Å². The molecule has 0 aliphatic carbocycles. The molecular weight excluding hydrogens is 364 g/mol. The zero-order valence-electron chi connectivity index (χ0n) is 10.8. The maximum absolute atomic E-state index is 3.53. The van der Waals surface area contributed by atoms with Crippen molar-refractivity contribution in [1.29, 1.82) is 0 Å². The minimum atomic E-state index is 0.204. The predicted octanol–water partition coefficient (Wildman–Crippen LogP) is 4.09. The summed E-state index contributed by atoms with van der Waals surface area (Å²) < 4.78 is 2.33. The van der Waals surface area contributed by atoms with Crippen molar-refractivity contribution in [1.82, 2.24) is 10.2 Å². The van der Waals surface area contributed by atoms with E-state index < -0.39 is 0 Å². The lowest BCUT2D eigenvalue weighted by Gasteiger charge is -2.23. The van der Waals surface area contributed by atoms with Crippen LogP contribution in [0.4, 0.5) is 0 Å². The lowest BCUT2D eigenvalue weighted by Crippen LogP contribution is -2.40. The predicted molar refractivity (Wildman–Crippen MR) is 83.8 cm³/mol. The molecular formula is C12H20Br2N2S. The third-order valence-electron chi connectivity index (χ3n) is 2.27. The van der Waals surface area contributed by atoms with Crippen molar-refractivity contribution in [3.8, 4) is 0 Å². The molecule has 1 aromatic heterocycles. The SMILES string of the molecule is CN(CCNC(C)(C)C)Cc1cc(Br)c(Br)s1. The van der Waals surface area contributed by atoms with E-state index in [2.05, 4.69) is 76.0 Å². The molecule has 1 heterocycles. The van der Waals surface area contributed by atoms with E-state index in [1.165, 1.54) is 8.66 Å². The summed E-state index contributed by atoms with van der Waals surface area (Å²) in [5.74, 6) is 0. The average Bonchev–Trinajstić information content (AvgIpc) is 2.43. The second-order valence-electron chi connectivity index (χ2n) is 5.25. The van der Waals surface area contributed by atoms with E-state index in [1.54, 1.807) is 11.3 Å². The molecule has 0 fully saturated rings. The van der Waals surface area contributed by atoms with E-state index in [-0.39, 0.29) is 5.54 Å². The molecule has 0 atom stereocenters. The van der Waals surface area contributed by atoms with Crippen LogP contribution < -0.4 is 5.32 Å². The zero-order chi connectivity index (χ0) is 13.1. The van der Waals surface area contributed by atoms with E-state index in [9.17, 15) is 0 Å². The first-order valence-corrected chi connectivity index (χ1v) is 8.05. The number of hydrogen-bond acceptors (Lipinski definition) is 3. The molecule has 17 heavy (non-hydrogen) atoms. The Morgan fingerprint density at radius 3 is 2.47 bits per heavy atom. The van der Waals surface area contributed by atoms with Gasteiger partial charge in [-0.3, -0.25) is 0 Å². The Kier molecular flexibility index (Phi) is 6.13. The summed E-state index contributed by atoms with van der Waals surface area (Å²) in [5.41, 5.74) is 0.204. The Hall–Kier alpha value is 0.580. The normalized spacial score (nSPS) is 12.4. The van der Waals surface area contributed by atoms with Gasteiger partial charge < -0.3 is 10.2 Å². The zero-order valence-corrected chi connectivity index (χ0v) is 14.8. The molecule has 0 aliphatic heterocycles. The number of nitrogens with one attached hydrogen (secondary N) is 1. The van der Waals surface area contributed by atoms with Crippen LogP contribution >= 0.6 is 43.2 Å². The molecule has 1 aromatic rings. The van der Waals surface area contributed by atoms with Crippen molar-refractivity contribution in [3.63, 3.8) is 0 Å². The van der Waals surface area contributed by atoms with E-state index in [0.717, 1.165) is 24.1 Å². The minimum absolute atomic E-state index is 0.204. The molecule has 5 heteroatoms. The minimum Gasteiger partial charge on any atom is -0.311 e. The molecule has 0 amide bonds. The van der Waals surface area contributed by atoms with Crippen LogP contribution in [0.1, 0.15) is 25.6 Å². The molecule has 0 saturated carbocycles. The van der Waals surface area contributed by atoms with Crippen molar-refractivity contribution in [2.75, 3.05) is 20.1 Å². The van der Waals surface area contributed by atoms with Gasteiger partial charge in [0.05, 0.1) is 3.79 Å². The van der Waals surface area contributed by atoms with Crippen molar-refractivity contribution in [2.24, 2.45) is 0 Å². The summed E-state index contributed by atoms with van der Waals surface area (Å²) in [4.78, 5) is 3.71.